The zero-order chi connectivity index (χ0) is 24.8. The van der Waals surface area contributed by atoms with Crippen LogP contribution in [0.3, 0.4) is 0 Å². The van der Waals surface area contributed by atoms with Crippen LogP contribution in [-0.2, 0) is 11.3 Å². The van der Waals surface area contributed by atoms with Crippen LogP contribution in [0.4, 0.5) is 10.5 Å². The summed E-state index contributed by atoms with van der Waals surface area (Å²) in [4.78, 5) is 37.0. The van der Waals surface area contributed by atoms with Crippen LogP contribution >= 0.6 is 11.6 Å². The van der Waals surface area contributed by atoms with Crippen molar-refractivity contribution in [3.05, 3.63) is 86.8 Å². The van der Waals surface area contributed by atoms with E-state index in [-0.39, 0.29) is 12.2 Å². The number of ether oxygens (including phenoxy) is 1. The highest BCUT2D eigenvalue weighted by Crippen LogP contribution is 2.26. The molecule has 10 heteroatoms. The van der Waals surface area contributed by atoms with E-state index in [9.17, 15) is 24.6 Å². The summed E-state index contributed by atoms with van der Waals surface area (Å²) in [5, 5.41) is 24.9. The number of aliphatic carboxylic acids is 1. The number of benzene rings is 2. The van der Waals surface area contributed by atoms with E-state index in [1.165, 1.54) is 23.9 Å². The van der Waals surface area contributed by atoms with Gasteiger partial charge in [-0.15, -0.1) is 0 Å². The monoisotopic (exact) mass is 485 g/mol. The van der Waals surface area contributed by atoms with Crippen molar-refractivity contribution in [2.45, 2.75) is 25.9 Å². The molecule has 0 saturated heterocycles. The minimum Gasteiger partial charge on any atom is -0.505 e. The predicted molar refractivity (Wildman–Crippen MR) is 128 cm³/mol. The minimum absolute atomic E-state index is 0.125. The second-order valence-corrected chi connectivity index (χ2v) is 7.99. The Morgan fingerprint density at radius 1 is 1.18 bits per heavy atom. The molecule has 3 aromatic rings. The van der Waals surface area contributed by atoms with Crippen molar-refractivity contribution in [2.75, 3.05) is 12.4 Å². The van der Waals surface area contributed by atoms with Crippen LogP contribution in [0.5, 0.6) is 11.5 Å². The summed E-state index contributed by atoms with van der Waals surface area (Å²) >= 11 is 6.17. The van der Waals surface area contributed by atoms with Crippen molar-refractivity contribution in [1.82, 2.24) is 9.88 Å². The second-order valence-electron chi connectivity index (χ2n) is 7.58. The molecular weight excluding hydrogens is 462 g/mol. The zero-order valence-corrected chi connectivity index (χ0v) is 19.3. The Morgan fingerprint density at radius 2 is 1.91 bits per heavy atom. The summed E-state index contributed by atoms with van der Waals surface area (Å²) in [6, 6.07) is 11.6. The quantitative estimate of drug-likeness (QED) is 0.382. The largest absolute Gasteiger partial charge is 0.505 e. The lowest BCUT2D eigenvalue weighted by atomic mass is 10.0. The van der Waals surface area contributed by atoms with E-state index in [0.717, 1.165) is 5.56 Å². The van der Waals surface area contributed by atoms with Crippen molar-refractivity contribution in [1.29, 1.82) is 0 Å². The molecule has 4 N–H and O–H groups in total. The highest BCUT2D eigenvalue weighted by atomic mass is 35.5. The summed E-state index contributed by atoms with van der Waals surface area (Å²) < 4.78 is 6.57. The van der Waals surface area contributed by atoms with E-state index >= 15 is 0 Å². The van der Waals surface area contributed by atoms with Crippen LogP contribution in [0.2, 0.25) is 5.02 Å². The molecule has 9 nitrogen and oxygen atoms in total. The molecule has 0 aliphatic rings. The van der Waals surface area contributed by atoms with Gasteiger partial charge in [-0.3, -0.25) is 9.59 Å². The third kappa shape index (κ3) is 5.87. The number of aromatic hydroxyl groups is 1. The molecule has 1 heterocycles. The molecule has 0 aliphatic carbocycles. The van der Waals surface area contributed by atoms with Gasteiger partial charge in [-0.2, -0.15) is 0 Å². The lowest BCUT2D eigenvalue weighted by molar-refractivity contribution is -0.137. The summed E-state index contributed by atoms with van der Waals surface area (Å²) in [6.07, 6.45) is 0.979. The van der Waals surface area contributed by atoms with Crippen LogP contribution in [0, 0.1) is 6.92 Å². The van der Waals surface area contributed by atoms with Crippen molar-refractivity contribution in [3.8, 4) is 11.5 Å². The Hall–Kier alpha value is -3.98. The SMILES string of the molecule is COc1cc([C@H](CC(=O)O)NC(=O)Nc2c(O)ccn(Cc3ccccc3Cl)c2=O)ccc1C. The summed E-state index contributed by atoms with van der Waals surface area (Å²) in [6.45, 7) is 1.96. The van der Waals surface area contributed by atoms with Gasteiger partial charge in [0, 0.05) is 11.2 Å². The maximum Gasteiger partial charge on any atom is 0.319 e. The van der Waals surface area contributed by atoms with Gasteiger partial charge in [-0.05, 0) is 41.8 Å². The molecule has 178 valence electrons. The molecule has 0 unspecified atom stereocenters. The summed E-state index contributed by atoms with van der Waals surface area (Å²) in [5.74, 6) is -1.02. The number of urea groups is 1. The normalized spacial score (nSPS) is 11.5. The molecule has 1 aromatic heterocycles. The molecule has 0 saturated carbocycles. The molecule has 3 rings (SSSR count). The van der Waals surface area contributed by atoms with Gasteiger partial charge in [0.25, 0.3) is 5.56 Å². The van der Waals surface area contributed by atoms with Crippen LogP contribution in [0.15, 0.2) is 59.5 Å². The Bertz CT molecular complexity index is 1270. The van der Waals surface area contributed by atoms with E-state index < -0.39 is 35.8 Å². The fraction of sp³-hybridized carbons (Fsp3) is 0.208. The average Bonchev–Trinajstić information content (AvgIpc) is 2.79. The van der Waals surface area contributed by atoms with Gasteiger partial charge in [0.05, 0.1) is 26.1 Å². The second kappa shape index (κ2) is 10.8. The number of aryl methyl sites for hydroxylation is 1. The number of nitrogens with one attached hydrogen (secondary N) is 2. The number of halogens is 1. The van der Waals surface area contributed by atoms with Gasteiger partial charge in [0.2, 0.25) is 0 Å². The summed E-state index contributed by atoms with van der Waals surface area (Å²) in [7, 11) is 1.49. The highest BCUT2D eigenvalue weighted by molar-refractivity contribution is 6.31. The standard InChI is InChI=1S/C24H24ClN3O6/c1-14-7-8-15(11-20(14)34-2)18(12-21(30)31)26-24(33)27-22-19(29)9-10-28(23(22)32)13-16-5-3-4-6-17(16)25/h3-11,18,29H,12-13H2,1-2H3,(H,30,31)(H2,26,27,33)/t18-/m0/s1. The average molecular weight is 486 g/mol. The van der Waals surface area contributed by atoms with Crippen molar-refractivity contribution < 1.29 is 24.5 Å². The number of amides is 2. The number of hydrogen-bond donors (Lipinski definition) is 4. The van der Waals surface area contributed by atoms with Crippen LogP contribution < -0.4 is 20.9 Å². The first kappa shape index (κ1) is 24.7. The fourth-order valence-corrected chi connectivity index (χ4v) is 3.60. The number of carboxylic acid groups (broad SMARTS) is 1. The first-order valence-corrected chi connectivity index (χ1v) is 10.7. The lowest BCUT2D eigenvalue weighted by Gasteiger charge is -2.19. The van der Waals surface area contributed by atoms with Crippen molar-refractivity contribution in [3.63, 3.8) is 0 Å². The van der Waals surface area contributed by atoms with Crippen molar-refractivity contribution in [2.24, 2.45) is 0 Å². The molecule has 0 aliphatic heterocycles. The number of anilines is 1. The number of carbonyl (C=O) groups excluding carboxylic acids is 1. The Kier molecular flexibility index (Phi) is 7.80. The first-order chi connectivity index (χ1) is 16.2. The van der Waals surface area contributed by atoms with E-state index in [0.29, 0.717) is 21.9 Å². The number of pyridine rings is 1. The number of carboxylic acids is 1. The van der Waals surface area contributed by atoms with Gasteiger partial charge in [-0.1, -0.05) is 41.9 Å². The molecular formula is C24H24ClN3O6. The Morgan fingerprint density at radius 3 is 2.59 bits per heavy atom. The van der Waals surface area contributed by atoms with E-state index in [1.807, 2.05) is 6.92 Å². The molecule has 0 bridgehead atoms. The maximum atomic E-state index is 12.9. The van der Waals surface area contributed by atoms with E-state index in [4.69, 9.17) is 16.3 Å². The molecule has 2 amide bonds. The van der Waals surface area contributed by atoms with Gasteiger partial charge in [0.1, 0.15) is 11.5 Å². The Balaban J connectivity index is 1.84. The molecule has 1 atom stereocenters. The molecule has 0 spiro atoms. The number of methoxy groups -OCH3 is 1. The fourth-order valence-electron chi connectivity index (χ4n) is 3.40. The van der Waals surface area contributed by atoms with Gasteiger partial charge in [-0.25, -0.2) is 4.79 Å². The smallest absolute Gasteiger partial charge is 0.319 e. The number of aromatic nitrogens is 1. The van der Waals surface area contributed by atoms with E-state index in [1.54, 1.807) is 42.5 Å². The van der Waals surface area contributed by atoms with E-state index in [2.05, 4.69) is 10.6 Å². The number of rotatable bonds is 8. The first-order valence-electron chi connectivity index (χ1n) is 10.3. The molecule has 0 radical (unpaired) electrons. The molecule has 34 heavy (non-hydrogen) atoms. The minimum atomic E-state index is -1.13. The number of nitrogens with zero attached hydrogens (tertiary/aromatic N) is 1. The predicted octanol–water partition coefficient (Wildman–Crippen LogP) is 3.91. The van der Waals surface area contributed by atoms with Crippen LogP contribution in [0.25, 0.3) is 0 Å². The molecule has 2 aromatic carbocycles. The third-order valence-electron chi connectivity index (χ3n) is 5.20. The van der Waals surface area contributed by atoms with Crippen molar-refractivity contribution >= 4 is 29.3 Å². The van der Waals surface area contributed by atoms with Gasteiger partial charge in [0.15, 0.2) is 5.69 Å². The van der Waals surface area contributed by atoms with Crippen LogP contribution in [-0.4, -0.2) is 33.9 Å². The molecule has 0 fully saturated rings. The Labute approximate surface area is 200 Å². The summed E-state index contributed by atoms with van der Waals surface area (Å²) in [5.41, 5.74) is 1.04. The topological polar surface area (TPSA) is 130 Å². The zero-order valence-electron chi connectivity index (χ0n) is 18.5. The number of carbonyl (C=O) groups is 2. The van der Waals surface area contributed by atoms with Gasteiger partial charge >= 0.3 is 12.0 Å². The van der Waals surface area contributed by atoms with Crippen LogP contribution in [0.1, 0.15) is 29.2 Å². The number of hydrogen-bond acceptors (Lipinski definition) is 5. The van der Waals surface area contributed by atoms with Gasteiger partial charge < -0.3 is 30.2 Å². The third-order valence-corrected chi connectivity index (χ3v) is 5.57. The lowest BCUT2D eigenvalue weighted by Crippen LogP contribution is -2.36. The highest BCUT2D eigenvalue weighted by Gasteiger charge is 2.21. The maximum absolute atomic E-state index is 12.9.